The molecule has 198 valence electrons. The van der Waals surface area contributed by atoms with Crippen molar-refractivity contribution in [2.75, 3.05) is 17.7 Å². The van der Waals surface area contributed by atoms with Crippen LogP contribution in [0.1, 0.15) is 51.5 Å². The average molecular weight is 515 g/mol. The second kappa shape index (κ2) is 10.4. The van der Waals surface area contributed by atoms with Crippen molar-refractivity contribution >= 4 is 28.4 Å². The molecule has 0 unspecified atom stereocenters. The molecule has 2 fully saturated rings. The van der Waals surface area contributed by atoms with Gasteiger partial charge in [-0.25, -0.2) is 9.78 Å². The maximum absolute atomic E-state index is 12.3. The largest absolute Gasteiger partial charge is 0.493 e. The van der Waals surface area contributed by atoms with Gasteiger partial charge in [-0.1, -0.05) is 12.1 Å². The topological polar surface area (TPSA) is 109 Å². The quantitative estimate of drug-likeness (QED) is 0.250. The van der Waals surface area contributed by atoms with Gasteiger partial charge >= 0.3 is 6.09 Å². The van der Waals surface area contributed by atoms with Gasteiger partial charge in [0.25, 0.3) is 0 Å². The standard InChI is InChI=1S/C29H34N6O3/c1-19(20-6-7-20)38-29(36)33-22-10-8-21(9-11-22)28-27(30)25-13-12-24(16-26(25)35(28)23-4-2-5-23)37-15-3-14-34-18-31-17-32-34/h8-13,16-20,23H,2-7,14-15,30H2,1H3,(H,33,36)/t19-/m1/s1. The van der Waals surface area contributed by atoms with Crippen LogP contribution in [0.4, 0.5) is 16.2 Å². The van der Waals surface area contributed by atoms with Crippen LogP contribution in [0.3, 0.4) is 0 Å². The molecule has 3 N–H and O–H groups in total. The number of aryl methyl sites for hydroxylation is 1. The number of carbonyl (C=O) groups excluding carboxylic acids is 1. The van der Waals surface area contributed by atoms with Crippen LogP contribution in [0.25, 0.3) is 22.2 Å². The molecule has 0 radical (unpaired) electrons. The summed E-state index contributed by atoms with van der Waals surface area (Å²) in [6.45, 7) is 3.31. The molecule has 2 aliphatic carbocycles. The van der Waals surface area contributed by atoms with Crippen LogP contribution in [-0.2, 0) is 11.3 Å². The molecule has 1 amide bonds. The Balaban J connectivity index is 1.21. The Hall–Kier alpha value is -4.01. The summed E-state index contributed by atoms with van der Waals surface area (Å²) >= 11 is 0. The number of hydrogen-bond acceptors (Lipinski definition) is 6. The van der Waals surface area contributed by atoms with Gasteiger partial charge in [-0.05, 0) is 69.2 Å². The number of benzene rings is 2. The van der Waals surface area contributed by atoms with Crippen LogP contribution < -0.4 is 15.8 Å². The van der Waals surface area contributed by atoms with Gasteiger partial charge in [-0.2, -0.15) is 5.10 Å². The van der Waals surface area contributed by atoms with Crippen LogP contribution >= 0.6 is 0 Å². The minimum absolute atomic E-state index is 0.0465. The highest BCUT2D eigenvalue weighted by atomic mass is 16.6. The molecule has 9 nitrogen and oxygen atoms in total. The van der Waals surface area contributed by atoms with E-state index in [1.165, 1.54) is 6.42 Å². The number of hydrogen-bond donors (Lipinski definition) is 2. The number of ether oxygens (including phenoxy) is 2. The molecule has 0 spiro atoms. The molecule has 6 rings (SSSR count). The van der Waals surface area contributed by atoms with E-state index in [-0.39, 0.29) is 6.10 Å². The molecule has 2 aromatic carbocycles. The van der Waals surface area contributed by atoms with E-state index in [1.54, 1.807) is 17.3 Å². The van der Waals surface area contributed by atoms with E-state index in [0.717, 1.165) is 72.2 Å². The number of fused-ring (bicyclic) bond motifs is 1. The predicted octanol–water partition coefficient (Wildman–Crippen LogP) is 6.02. The number of nitrogens with one attached hydrogen (secondary N) is 1. The van der Waals surface area contributed by atoms with Gasteiger partial charge < -0.3 is 19.8 Å². The Morgan fingerprint density at radius 2 is 1.97 bits per heavy atom. The van der Waals surface area contributed by atoms with Gasteiger partial charge in [-0.15, -0.1) is 0 Å². The van der Waals surface area contributed by atoms with E-state index in [4.69, 9.17) is 15.2 Å². The molecule has 2 aromatic heterocycles. The predicted molar refractivity (Wildman–Crippen MR) is 147 cm³/mol. The van der Waals surface area contributed by atoms with E-state index in [9.17, 15) is 4.79 Å². The lowest BCUT2D eigenvalue weighted by atomic mass is 9.92. The Bertz CT molecular complexity index is 1400. The fourth-order valence-electron chi connectivity index (χ4n) is 5.18. The van der Waals surface area contributed by atoms with Gasteiger partial charge in [0.05, 0.1) is 23.5 Å². The van der Waals surface area contributed by atoms with Crippen LogP contribution in [0, 0.1) is 5.92 Å². The molecule has 38 heavy (non-hydrogen) atoms. The van der Waals surface area contributed by atoms with Crippen LogP contribution in [0.5, 0.6) is 5.75 Å². The van der Waals surface area contributed by atoms with Crippen molar-refractivity contribution in [1.82, 2.24) is 19.3 Å². The summed E-state index contributed by atoms with van der Waals surface area (Å²) in [5.74, 6) is 1.34. The van der Waals surface area contributed by atoms with E-state index in [0.29, 0.717) is 24.3 Å². The van der Waals surface area contributed by atoms with E-state index in [2.05, 4.69) is 32.1 Å². The second-order valence-electron chi connectivity index (χ2n) is 10.4. The van der Waals surface area contributed by atoms with Gasteiger partial charge in [0, 0.05) is 41.7 Å². The summed E-state index contributed by atoms with van der Waals surface area (Å²) in [5, 5.41) is 8.02. The zero-order valence-corrected chi connectivity index (χ0v) is 21.7. The van der Waals surface area contributed by atoms with Crippen molar-refractivity contribution in [2.24, 2.45) is 5.92 Å². The van der Waals surface area contributed by atoms with E-state index in [1.807, 2.05) is 37.3 Å². The fraction of sp³-hybridized carbons (Fsp3) is 0.414. The lowest BCUT2D eigenvalue weighted by Crippen LogP contribution is -2.21. The van der Waals surface area contributed by atoms with Crippen molar-refractivity contribution in [1.29, 1.82) is 0 Å². The molecule has 2 aliphatic rings. The highest BCUT2D eigenvalue weighted by molar-refractivity contribution is 6.01. The SMILES string of the molecule is C[C@@H](OC(=O)Nc1ccc(-c2c(N)c3ccc(OCCCn4cncn4)cc3n2C2CCC2)cc1)C1CC1. The van der Waals surface area contributed by atoms with Gasteiger partial charge in [0.15, 0.2) is 0 Å². The van der Waals surface area contributed by atoms with E-state index < -0.39 is 6.09 Å². The molecule has 0 saturated heterocycles. The highest BCUT2D eigenvalue weighted by Crippen LogP contribution is 2.45. The molecule has 9 heteroatoms. The minimum atomic E-state index is -0.408. The van der Waals surface area contributed by atoms with Crippen LogP contribution in [0.2, 0.25) is 0 Å². The number of nitrogen functional groups attached to an aromatic ring is 1. The summed E-state index contributed by atoms with van der Waals surface area (Å²) in [7, 11) is 0. The number of amides is 1. The number of nitrogens with zero attached hydrogens (tertiary/aromatic N) is 4. The molecule has 0 bridgehead atoms. The average Bonchev–Trinajstić information content (AvgIpc) is 3.54. The zero-order valence-electron chi connectivity index (χ0n) is 21.7. The number of carbonyl (C=O) groups is 1. The first-order valence-corrected chi connectivity index (χ1v) is 13.5. The monoisotopic (exact) mass is 514 g/mol. The molecule has 1 atom stereocenters. The van der Waals surface area contributed by atoms with Crippen molar-refractivity contribution in [2.45, 2.75) is 64.1 Å². The molecule has 0 aliphatic heterocycles. The molecule has 2 heterocycles. The fourth-order valence-corrected chi connectivity index (χ4v) is 5.18. The molecule has 4 aromatic rings. The molecule has 2 saturated carbocycles. The Morgan fingerprint density at radius 1 is 1.16 bits per heavy atom. The third-order valence-electron chi connectivity index (χ3n) is 7.71. The first-order chi connectivity index (χ1) is 18.6. The number of nitrogens with two attached hydrogens (primary N) is 1. The Morgan fingerprint density at radius 3 is 2.66 bits per heavy atom. The van der Waals surface area contributed by atoms with Crippen LogP contribution in [-0.4, -0.2) is 38.1 Å². The Labute approximate surface area is 221 Å². The maximum atomic E-state index is 12.3. The third kappa shape index (κ3) is 5.05. The lowest BCUT2D eigenvalue weighted by molar-refractivity contribution is 0.108. The van der Waals surface area contributed by atoms with E-state index >= 15 is 0 Å². The lowest BCUT2D eigenvalue weighted by Gasteiger charge is -2.30. The second-order valence-corrected chi connectivity index (χ2v) is 10.4. The summed E-state index contributed by atoms with van der Waals surface area (Å²) < 4.78 is 15.8. The zero-order chi connectivity index (χ0) is 26.1. The highest BCUT2D eigenvalue weighted by Gasteiger charge is 2.31. The first-order valence-electron chi connectivity index (χ1n) is 13.5. The first kappa shape index (κ1) is 24.3. The summed E-state index contributed by atoms with van der Waals surface area (Å²) in [6.07, 6.45) is 9.38. The summed E-state index contributed by atoms with van der Waals surface area (Å²) in [6, 6.07) is 14.4. The van der Waals surface area contributed by atoms with Gasteiger partial charge in [0.1, 0.15) is 24.5 Å². The molecular formula is C29H34N6O3. The van der Waals surface area contributed by atoms with Crippen molar-refractivity contribution in [3.8, 4) is 17.0 Å². The van der Waals surface area contributed by atoms with Crippen LogP contribution in [0.15, 0.2) is 55.1 Å². The number of rotatable bonds is 10. The third-order valence-corrected chi connectivity index (χ3v) is 7.71. The van der Waals surface area contributed by atoms with Crippen molar-refractivity contribution in [3.05, 3.63) is 55.1 Å². The maximum Gasteiger partial charge on any atom is 0.411 e. The Kier molecular flexibility index (Phi) is 6.66. The number of aromatic nitrogens is 4. The minimum Gasteiger partial charge on any atom is -0.493 e. The summed E-state index contributed by atoms with van der Waals surface area (Å²) in [5.41, 5.74) is 11.4. The normalized spacial score (nSPS) is 16.2. The molecular weight excluding hydrogens is 480 g/mol. The smallest absolute Gasteiger partial charge is 0.411 e. The number of anilines is 2. The summed E-state index contributed by atoms with van der Waals surface area (Å²) in [4.78, 5) is 16.3. The van der Waals surface area contributed by atoms with Crippen molar-refractivity contribution in [3.63, 3.8) is 0 Å². The van der Waals surface area contributed by atoms with Gasteiger partial charge in [0.2, 0.25) is 0 Å². The van der Waals surface area contributed by atoms with Crippen molar-refractivity contribution < 1.29 is 14.3 Å². The van der Waals surface area contributed by atoms with Gasteiger partial charge in [-0.3, -0.25) is 10.00 Å².